The van der Waals surface area contributed by atoms with Gasteiger partial charge in [0, 0.05) is 57.5 Å². The van der Waals surface area contributed by atoms with E-state index in [0.29, 0.717) is 11.1 Å². The van der Waals surface area contributed by atoms with Crippen LogP contribution in [0.4, 0.5) is 0 Å². The van der Waals surface area contributed by atoms with E-state index in [0.717, 1.165) is 0 Å². The molecule has 0 saturated carbocycles. The van der Waals surface area contributed by atoms with Crippen molar-refractivity contribution in [1.29, 1.82) is 5.41 Å². The minimum absolute atomic E-state index is 0.00259. The topological polar surface area (TPSA) is 682 Å². The Morgan fingerprint density at radius 3 is 1.29 bits per heavy atom. The highest BCUT2D eigenvalue weighted by molar-refractivity contribution is 6.00. The predicted octanol–water partition coefficient (Wildman–Crippen LogP) is -4.39. The van der Waals surface area contributed by atoms with E-state index in [9.17, 15) is 97.1 Å². The summed E-state index contributed by atoms with van der Waals surface area (Å²) in [5.41, 5.74) is 18.1. The summed E-state index contributed by atoms with van der Waals surface area (Å²) in [4.78, 5) is 232. The maximum atomic E-state index is 14.9. The highest BCUT2D eigenvalue weighted by Gasteiger charge is 2.39. The van der Waals surface area contributed by atoms with Crippen molar-refractivity contribution in [1.82, 2.24) is 94.4 Å². The van der Waals surface area contributed by atoms with E-state index >= 15 is 0 Å². The molecule has 117 heavy (non-hydrogen) atoms. The summed E-state index contributed by atoms with van der Waals surface area (Å²) in [6.45, 7) is 12.8. The molecule has 0 bridgehead atoms. The number of aliphatic carboxylic acids is 2. The Morgan fingerprint density at radius 1 is 0.436 bits per heavy atom. The first kappa shape index (κ1) is 96.6. The Labute approximate surface area is 674 Å². The number of carboxylic acids is 2. The number of H-pyrrole nitrogens is 2. The van der Waals surface area contributed by atoms with Crippen LogP contribution in [0.1, 0.15) is 136 Å². The van der Waals surface area contributed by atoms with Crippen molar-refractivity contribution in [3.05, 3.63) is 96.1 Å². The van der Waals surface area contributed by atoms with Crippen molar-refractivity contribution in [3.63, 3.8) is 0 Å². The number of aromatic nitrogens is 4. The number of primary amides is 1. The lowest BCUT2D eigenvalue weighted by molar-refractivity contribution is -0.139. The highest BCUT2D eigenvalue weighted by Crippen LogP contribution is 2.18. The third-order valence-corrected chi connectivity index (χ3v) is 18.4. The van der Waals surface area contributed by atoms with E-state index in [2.05, 4.69) is 94.4 Å². The van der Waals surface area contributed by atoms with Crippen molar-refractivity contribution in [2.45, 2.75) is 212 Å². The summed E-state index contributed by atoms with van der Waals surface area (Å²) in [5, 5.41) is 82.2. The number of benzene rings is 2. The first-order valence-corrected chi connectivity index (χ1v) is 38.1. The van der Waals surface area contributed by atoms with Crippen LogP contribution in [0.3, 0.4) is 0 Å². The SMILES string of the molecule is CC[C@H](C)[C@H](NC(=O)[C@@H](NC(=O)[C@H](Cc1ccc(O)cc1)NC(=O)[C@H](C)NC(=O)CNC(=O)[C@H](Cc1ccc(O)cc1)NC(=O)[C@@H](N)CCC(N)=O)C(C)C)C(=O)N[C@@H](CCCNC(=N)N)C(=O)N[C@@H](Cc1c[nH]cn1)C(=O)N[C@H](C(=O)N[C@@H](CC(C)C)C(=O)N[C@@H](CCC(=O)O)C(=O)N[C@@H](Cc1c[nH]cn1)C(=O)NCC(=O)O)C(C)C. The van der Waals surface area contributed by atoms with Gasteiger partial charge in [0.25, 0.3) is 0 Å². The fraction of sp³-hybridized carbons (Fsp3) is 0.533. The smallest absolute Gasteiger partial charge is 0.322 e. The van der Waals surface area contributed by atoms with Crippen LogP contribution in [-0.2, 0) is 102 Å². The van der Waals surface area contributed by atoms with Crippen LogP contribution >= 0.6 is 0 Å². The lowest BCUT2D eigenvalue weighted by Crippen LogP contribution is -2.62. The van der Waals surface area contributed by atoms with Crippen LogP contribution in [0.15, 0.2) is 73.6 Å². The Kier molecular flexibility index (Phi) is 40.0. The maximum Gasteiger partial charge on any atom is 0.322 e. The van der Waals surface area contributed by atoms with Gasteiger partial charge in [0.2, 0.25) is 82.7 Å². The molecule has 2 aromatic carbocycles. The average Bonchev–Trinajstić information content (AvgIpc) is 0.947. The van der Waals surface area contributed by atoms with Gasteiger partial charge in [-0.2, -0.15) is 0 Å². The second kappa shape index (κ2) is 48.4. The number of aromatic amines is 2. The molecule has 42 nitrogen and oxygen atoms in total. The highest BCUT2D eigenvalue weighted by atomic mass is 16.4. The Balaban J connectivity index is 1.58. The number of phenols is 2. The van der Waals surface area contributed by atoms with Gasteiger partial charge in [-0.25, -0.2) is 9.97 Å². The number of imidazole rings is 2. The fourth-order valence-electron chi connectivity index (χ4n) is 11.6. The van der Waals surface area contributed by atoms with E-state index in [-0.39, 0.29) is 99.6 Å². The van der Waals surface area contributed by atoms with Crippen molar-refractivity contribution in [2.75, 3.05) is 19.6 Å². The monoisotopic (exact) mass is 1640 g/mol. The molecule has 4 rings (SSSR count). The number of carbonyl (C=O) groups excluding carboxylic acids is 14. The van der Waals surface area contributed by atoms with Crippen LogP contribution in [0, 0.1) is 29.1 Å². The molecule has 2 heterocycles. The molecule has 14 amide bonds. The number of carbonyl (C=O) groups is 16. The lowest BCUT2D eigenvalue weighted by Gasteiger charge is -2.31. The molecule has 42 heteroatoms. The second-order valence-electron chi connectivity index (χ2n) is 29.3. The summed E-state index contributed by atoms with van der Waals surface area (Å²) >= 11 is 0. The Hall–Kier alpha value is -12.8. The molecular formula is C75H112N22O20. The normalized spacial score (nSPS) is 14.5. The molecular weight excluding hydrogens is 1530 g/mol. The molecule has 2 aromatic heterocycles. The number of nitrogens with two attached hydrogens (primary N) is 3. The first-order chi connectivity index (χ1) is 55.1. The Morgan fingerprint density at radius 2 is 0.838 bits per heavy atom. The van der Waals surface area contributed by atoms with E-state index in [1.165, 1.54) is 80.5 Å². The molecule has 0 aliphatic heterocycles. The summed E-state index contributed by atoms with van der Waals surface area (Å²) in [7, 11) is 0. The van der Waals surface area contributed by atoms with E-state index < -0.39 is 217 Å². The van der Waals surface area contributed by atoms with Gasteiger partial charge < -0.3 is 122 Å². The first-order valence-electron chi connectivity index (χ1n) is 38.1. The third kappa shape index (κ3) is 34.8. The number of rotatable bonds is 51. The number of aromatic hydroxyl groups is 2. The number of hydrogen-bond acceptors (Lipinski definition) is 22. The zero-order valence-electron chi connectivity index (χ0n) is 66.7. The number of nitrogens with one attached hydrogen (secondary N) is 17. The summed E-state index contributed by atoms with van der Waals surface area (Å²) in [6.07, 6.45) is 2.91. The molecule has 4 aromatic rings. The number of phenolic OH excluding ortho intramolecular Hbond substituents is 2. The van der Waals surface area contributed by atoms with Crippen LogP contribution in [0.5, 0.6) is 11.5 Å². The molecule has 0 saturated heterocycles. The lowest BCUT2D eigenvalue weighted by atomic mass is 9.95. The van der Waals surface area contributed by atoms with Gasteiger partial charge in [-0.15, -0.1) is 0 Å². The van der Waals surface area contributed by atoms with Gasteiger partial charge in [-0.3, -0.25) is 82.1 Å². The minimum atomic E-state index is -1.65. The largest absolute Gasteiger partial charge is 0.508 e. The molecule has 13 atom stereocenters. The van der Waals surface area contributed by atoms with Crippen molar-refractivity contribution in [3.8, 4) is 11.5 Å². The third-order valence-electron chi connectivity index (χ3n) is 18.4. The second-order valence-corrected chi connectivity index (χ2v) is 29.3. The van der Waals surface area contributed by atoms with E-state index in [1.807, 2.05) is 0 Å². The standard InChI is InChI=1S/C75H112N22O20/c1-10-40(8)62(97-73(116)61(39(6)7)96-70(113)53(28-43-15-19-47(99)20-16-43)90-63(106)41(9)87-57(101)33-83-65(108)52(27-42-13-17-46(98)18-14-42)91-64(107)48(76)21-23-56(77)100)74(117)89-49(12-11-25-82-75(78)79)67(110)93-55(30-45-32-81-36-86-45)71(114)95-60(38(4)5)72(115)94-51(26-37(2)3)69(112)88-50(22-24-58(102)103)68(111)92-54(29-44-31-80-35-85-44)66(109)84-34-59(104)105/h13-20,31-32,35-41,48-55,60-62,98-99H,10-12,21-30,33-34,76H2,1-9H3,(H2,77,100)(H,80,85)(H,81,86)(H,83,108)(H,84,109)(H,87,101)(H,88,112)(H,89,117)(H,90,106)(H,91,107)(H,92,111)(H,93,110)(H,94,115)(H,95,114)(H,96,113)(H,97,116)(H,102,103)(H,104,105)(H4,78,79,82)/t40-,41-,48-,49-,50-,51-,52-,53-,54-,55-,60-,61-,62-/m0/s1. The van der Waals surface area contributed by atoms with Crippen LogP contribution in [-0.4, -0.2) is 233 Å². The zero-order chi connectivity index (χ0) is 87.3. The van der Waals surface area contributed by atoms with Crippen molar-refractivity contribution >= 4 is 101 Å². The number of guanidine groups is 1. The number of nitrogens with zero attached hydrogens (tertiary/aromatic N) is 2. The predicted molar refractivity (Wildman–Crippen MR) is 420 cm³/mol. The van der Waals surface area contributed by atoms with Gasteiger partial charge in [0.1, 0.15) is 84.5 Å². The van der Waals surface area contributed by atoms with Crippen LogP contribution < -0.4 is 91.6 Å². The molecule has 0 fully saturated rings. The molecule has 642 valence electrons. The van der Waals surface area contributed by atoms with Gasteiger partial charge in [0.05, 0.1) is 36.6 Å². The summed E-state index contributed by atoms with van der Waals surface area (Å²) in [6, 6.07) is -6.29. The number of hydrogen-bond donors (Lipinski definition) is 24. The average molecular weight is 1640 g/mol. The fourth-order valence-corrected chi connectivity index (χ4v) is 11.6. The minimum Gasteiger partial charge on any atom is -0.508 e. The summed E-state index contributed by atoms with van der Waals surface area (Å²) in [5.74, 6) is -18.7. The molecule has 0 aliphatic carbocycles. The van der Waals surface area contributed by atoms with Gasteiger partial charge in [0.15, 0.2) is 5.96 Å². The maximum absolute atomic E-state index is 14.9. The molecule has 0 radical (unpaired) electrons. The van der Waals surface area contributed by atoms with Gasteiger partial charge >= 0.3 is 11.9 Å². The summed E-state index contributed by atoms with van der Waals surface area (Å²) < 4.78 is 0. The van der Waals surface area contributed by atoms with Gasteiger partial charge in [-0.1, -0.05) is 86.1 Å². The molecule has 0 unspecified atom stereocenters. The molecule has 27 N–H and O–H groups in total. The van der Waals surface area contributed by atoms with Crippen LogP contribution in [0.25, 0.3) is 0 Å². The van der Waals surface area contributed by atoms with Crippen LogP contribution in [0.2, 0.25) is 0 Å². The molecule has 0 spiro atoms. The molecule has 0 aliphatic rings. The van der Waals surface area contributed by atoms with Crippen molar-refractivity contribution < 1.29 is 97.1 Å². The quantitative estimate of drug-likeness (QED) is 0.0113. The Bertz CT molecular complexity index is 4030. The number of carboxylic acid groups (broad SMARTS) is 2. The zero-order valence-corrected chi connectivity index (χ0v) is 66.7. The van der Waals surface area contributed by atoms with Gasteiger partial charge in [-0.05, 0) is 98.1 Å². The van der Waals surface area contributed by atoms with E-state index in [1.54, 1.807) is 55.4 Å². The van der Waals surface area contributed by atoms with Crippen molar-refractivity contribution in [2.24, 2.45) is 40.9 Å². The van der Waals surface area contributed by atoms with E-state index in [4.69, 9.17) is 22.6 Å². The number of amides is 14.